The van der Waals surface area contributed by atoms with E-state index in [0.29, 0.717) is 27.8 Å². The summed E-state index contributed by atoms with van der Waals surface area (Å²) in [6.45, 7) is 4.04. The molecule has 0 radical (unpaired) electrons. The van der Waals surface area contributed by atoms with Crippen molar-refractivity contribution in [3.63, 3.8) is 0 Å². The second-order valence-electron chi connectivity index (χ2n) is 8.65. The number of hydrogen-bond acceptors (Lipinski definition) is 3. The van der Waals surface area contributed by atoms with Gasteiger partial charge in [0.1, 0.15) is 11.8 Å². The third-order valence-corrected chi connectivity index (χ3v) is 6.13. The van der Waals surface area contributed by atoms with Crippen molar-refractivity contribution in [3.05, 3.63) is 99.5 Å². The Labute approximate surface area is 217 Å². The molecule has 1 atom stereocenters. The Kier molecular flexibility index (Phi) is 9.58. The van der Waals surface area contributed by atoms with Crippen molar-refractivity contribution < 1.29 is 14.3 Å². The number of nitrogens with one attached hydrogen (secondary N) is 1. The highest BCUT2D eigenvalue weighted by Gasteiger charge is 2.31. The largest absolute Gasteiger partial charge is 0.497 e. The average molecular weight is 513 g/mol. The molecular weight excluding hydrogens is 483 g/mol. The third-order valence-electron chi connectivity index (χ3n) is 5.55. The van der Waals surface area contributed by atoms with E-state index in [1.807, 2.05) is 68.4 Å². The molecular formula is C28H30Cl2N2O3. The van der Waals surface area contributed by atoms with Crippen molar-refractivity contribution >= 4 is 35.0 Å². The summed E-state index contributed by atoms with van der Waals surface area (Å²) in [5, 5.41) is 3.90. The first kappa shape index (κ1) is 26.6. The van der Waals surface area contributed by atoms with Crippen LogP contribution in [0.5, 0.6) is 5.75 Å². The second-order valence-corrected chi connectivity index (χ2v) is 9.50. The third kappa shape index (κ3) is 7.74. The van der Waals surface area contributed by atoms with Crippen LogP contribution in [-0.4, -0.2) is 35.9 Å². The van der Waals surface area contributed by atoms with E-state index in [9.17, 15) is 9.59 Å². The van der Waals surface area contributed by atoms with Gasteiger partial charge in [0.15, 0.2) is 0 Å². The molecule has 0 fully saturated rings. The van der Waals surface area contributed by atoms with Gasteiger partial charge >= 0.3 is 0 Å². The highest BCUT2D eigenvalue weighted by atomic mass is 35.5. The number of ether oxygens (including phenoxy) is 1. The van der Waals surface area contributed by atoms with Crippen molar-refractivity contribution in [2.75, 3.05) is 7.11 Å². The second kappa shape index (κ2) is 12.6. The normalized spacial score (nSPS) is 11.7. The van der Waals surface area contributed by atoms with Gasteiger partial charge in [-0.05, 0) is 54.8 Å². The van der Waals surface area contributed by atoms with Gasteiger partial charge in [-0.2, -0.15) is 0 Å². The quantitative estimate of drug-likeness (QED) is 0.378. The van der Waals surface area contributed by atoms with Crippen LogP contribution in [0.25, 0.3) is 0 Å². The zero-order valence-corrected chi connectivity index (χ0v) is 21.6. The lowest BCUT2D eigenvalue weighted by Gasteiger charge is -2.32. The molecule has 0 spiro atoms. The first-order chi connectivity index (χ1) is 16.8. The van der Waals surface area contributed by atoms with Crippen LogP contribution < -0.4 is 10.1 Å². The topological polar surface area (TPSA) is 58.6 Å². The number of methoxy groups -OCH3 is 1. The molecule has 0 saturated carbocycles. The Morgan fingerprint density at radius 2 is 1.66 bits per heavy atom. The molecule has 3 rings (SSSR count). The van der Waals surface area contributed by atoms with Gasteiger partial charge in [-0.25, -0.2) is 0 Å². The highest BCUT2D eigenvalue weighted by molar-refractivity contribution is 6.35. The number of carbonyl (C=O) groups excluding carboxylic acids is 2. The molecule has 0 heterocycles. The lowest BCUT2D eigenvalue weighted by molar-refractivity contribution is -0.141. The lowest BCUT2D eigenvalue weighted by Crippen LogP contribution is -2.52. The molecule has 0 aliphatic carbocycles. The van der Waals surface area contributed by atoms with Crippen LogP contribution in [0.15, 0.2) is 72.8 Å². The maximum absolute atomic E-state index is 13.8. The predicted octanol–water partition coefficient (Wildman–Crippen LogP) is 5.71. The van der Waals surface area contributed by atoms with E-state index in [2.05, 4.69) is 5.32 Å². The standard InChI is InChI=1S/C28H30Cl2N2O3/c1-19(2)31-28(34)26(15-20-8-5-4-6-9-20)32(18-21-10-7-11-24(14-21)35-3)27(33)16-22-12-13-23(29)17-25(22)30/h4-14,17,19,26H,15-16,18H2,1-3H3,(H,31,34). The van der Waals surface area contributed by atoms with E-state index in [4.69, 9.17) is 27.9 Å². The summed E-state index contributed by atoms with van der Waals surface area (Å²) in [5.74, 6) is 0.265. The smallest absolute Gasteiger partial charge is 0.243 e. The molecule has 7 heteroatoms. The predicted molar refractivity (Wildman–Crippen MR) is 141 cm³/mol. The Balaban J connectivity index is 2.00. The molecule has 1 N–H and O–H groups in total. The van der Waals surface area contributed by atoms with Gasteiger partial charge in [0.05, 0.1) is 13.5 Å². The van der Waals surface area contributed by atoms with Gasteiger partial charge in [0.25, 0.3) is 0 Å². The van der Waals surface area contributed by atoms with Crippen LogP contribution in [0.4, 0.5) is 0 Å². The molecule has 5 nitrogen and oxygen atoms in total. The molecule has 2 amide bonds. The van der Waals surface area contributed by atoms with Crippen molar-refractivity contribution in [2.24, 2.45) is 0 Å². The monoisotopic (exact) mass is 512 g/mol. The van der Waals surface area contributed by atoms with Gasteiger partial charge in [0, 0.05) is 29.1 Å². The van der Waals surface area contributed by atoms with Crippen molar-refractivity contribution in [1.82, 2.24) is 10.2 Å². The molecule has 0 aliphatic rings. The fraction of sp³-hybridized carbons (Fsp3) is 0.286. The van der Waals surface area contributed by atoms with E-state index >= 15 is 0 Å². The molecule has 0 aromatic heterocycles. The van der Waals surface area contributed by atoms with Crippen LogP contribution in [0, 0.1) is 0 Å². The van der Waals surface area contributed by atoms with Crippen LogP contribution >= 0.6 is 23.2 Å². The average Bonchev–Trinajstić information content (AvgIpc) is 2.83. The Morgan fingerprint density at radius 1 is 0.943 bits per heavy atom. The summed E-state index contributed by atoms with van der Waals surface area (Å²) in [6.07, 6.45) is 0.420. The van der Waals surface area contributed by atoms with E-state index in [0.717, 1.165) is 11.1 Å². The minimum Gasteiger partial charge on any atom is -0.497 e. The van der Waals surface area contributed by atoms with E-state index in [1.165, 1.54) is 0 Å². The summed E-state index contributed by atoms with van der Waals surface area (Å²) >= 11 is 12.4. The van der Waals surface area contributed by atoms with E-state index in [-0.39, 0.29) is 30.8 Å². The molecule has 35 heavy (non-hydrogen) atoms. The first-order valence-electron chi connectivity index (χ1n) is 11.5. The highest BCUT2D eigenvalue weighted by Crippen LogP contribution is 2.24. The number of carbonyl (C=O) groups is 2. The molecule has 0 saturated heterocycles. The maximum Gasteiger partial charge on any atom is 0.243 e. The van der Waals surface area contributed by atoms with Crippen LogP contribution in [0.2, 0.25) is 10.0 Å². The number of amides is 2. The van der Waals surface area contributed by atoms with E-state index < -0.39 is 6.04 Å². The van der Waals surface area contributed by atoms with Crippen LogP contribution in [-0.2, 0) is 29.0 Å². The fourth-order valence-corrected chi connectivity index (χ4v) is 4.31. The molecule has 3 aromatic carbocycles. The molecule has 184 valence electrons. The fourth-order valence-electron chi connectivity index (χ4n) is 3.83. The summed E-state index contributed by atoms with van der Waals surface area (Å²) in [7, 11) is 1.60. The molecule has 1 unspecified atom stereocenters. The van der Waals surface area contributed by atoms with Crippen molar-refractivity contribution in [3.8, 4) is 5.75 Å². The lowest BCUT2D eigenvalue weighted by atomic mass is 10.0. The van der Waals surface area contributed by atoms with Gasteiger partial charge in [-0.15, -0.1) is 0 Å². The number of benzene rings is 3. The van der Waals surface area contributed by atoms with Crippen LogP contribution in [0.3, 0.4) is 0 Å². The molecule has 3 aromatic rings. The number of nitrogens with zero attached hydrogens (tertiary/aromatic N) is 1. The number of halogens is 2. The summed E-state index contributed by atoms with van der Waals surface area (Å²) in [4.78, 5) is 28.8. The zero-order valence-electron chi connectivity index (χ0n) is 20.1. The minimum atomic E-state index is -0.718. The Morgan fingerprint density at radius 3 is 2.31 bits per heavy atom. The van der Waals surface area contributed by atoms with Crippen LogP contribution in [0.1, 0.15) is 30.5 Å². The van der Waals surface area contributed by atoms with Crippen molar-refractivity contribution in [2.45, 2.75) is 45.3 Å². The first-order valence-corrected chi connectivity index (χ1v) is 12.2. The summed E-state index contributed by atoms with van der Waals surface area (Å²) < 4.78 is 5.36. The van der Waals surface area contributed by atoms with E-state index in [1.54, 1.807) is 30.2 Å². The molecule has 0 aliphatic heterocycles. The van der Waals surface area contributed by atoms with Gasteiger partial charge in [-0.1, -0.05) is 71.7 Å². The van der Waals surface area contributed by atoms with Gasteiger partial charge in [0.2, 0.25) is 11.8 Å². The summed E-state index contributed by atoms with van der Waals surface area (Å²) in [6, 6.07) is 21.5. The zero-order chi connectivity index (χ0) is 25.4. The maximum atomic E-state index is 13.8. The van der Waals surface area contributed by atoms with Gasteiger partial charge < -0.3 is 15.0 Å². The van der Waals surface area contributed by atoms with Gasteiger partial charge in [-0.3, -0.25) is 9.59 Å². The number of hydrogen-bond donors (Lipinski definition) is 1. The van der Waals surface area contributed by atoms with Crippen molar-refractivity contribution in [1.29, 1.82) is 0 Å². The molecule has 0 bridgehead atoms. The number of rotatable bonds is 10. The SMILES string of the molecule is COc1cccc(CN(C(=O)Cc2ccc(Cl)cc2Cl)C(Cc2ccccc2)C(=O)NC(C)C)c1. The Bertz CT molecular complexity index is 1150. The summed E-state index contributed by atoms with van der Waals surface area (Å²) in [5.41, 5.74) is 2.47. The minimum absolute atomic E-state index is 0.0419. The Hall–Kier alpha value is -3.02.